The summed E-state index contributed by atoms with van der Waals surface area (Å²) < 4.78 is 7.87. The van der Waals surface area contributed by atoms with Crippen LogP contribution in [0.15, 0.2) is 58.3 Å². The minimum Gasteiger partial charge on any atom is -0.481 e. The summed E-state index contributed by atoms with van der Waals surface area (Å²) in [4.78, 5) is 54.4. The summed E-state index contributed by atoms with van der Waals surface area (Å²) in [5.74, 6) is 0.0114. The van der Waals surface area contributed by atoms with Crippen molar-refractivity contribution in [3.05, 3.63) is 96.8 Å². The molecular formula is C34H35ClN6O5. The number of nitrogens with one attached hydrogen (secondary N) is 3. The number of aryl methyl sites for hydroxylation is 2. The van der Waals surface area contributed by atoms with Crippen molar-refractivity contribution >= 4 is 29.1 Å². The molecular weight excluding hydrogens is 608 g/mol. The fourth-order valence-corrected chi connectivity index (χ4v) is 6.69. The molecule has 2 aliphatic rings. The number of carbonyl (C=O) groups excluding carboxylic acids is 2. The van der Waals surface area contributed by atoms with E-state index in [0.29, 0.717) is 35.1 Å². The molecule has 0 bridgehead atoms. The molecule has 0 spiro atoms. The Morgan fingerprint density at radius 3 is 2.54 bits per heavy atom. The number of anilines is 1. The number of amides is 2. The van der Waals surface area contributed by atoms with Crippen molar-refractivity contribution in [2.24, 2.45) is 14.1 Å². The number of rotatable bonds is 8. The highest BCUT2D eigenvalue weighted by Crippen LogP contribution is 2.42. The Balaban J connectivity index is 1.29. The zero-order valence-electron chi connectivity index (χ0n) is 26.1. The van der Waals surface area contributed by atoms with Crippen molar-refractivity contribution < 1.29 is 14.3 Å². The lowest BCUT2D eigenvalue weighted by Crippen LogP contribution is -2.40. The summed E-state index contributed by atoms with van der Waals surface area (Å²) in [6, 6.07) is 13.6. The van der Waals surface area contributed by atoms with Crippen molar-refractivity contribution in [2.45, 2.75) is 44.7 Å². The first-order valence-electron chi connectivity index (χ1n) is 15.1. The molecule has 1 fully saturated rings. The van der Waals surface area contributed by atoms with Gasteiger partial charge in [-0.3, -0.25) is 19.0 Å². The Morgan fingerprint density at radius 1 is 1.07 bits per heavy atom. The van der Waals surface area contributed by atoms with Gasteiger partial charge in [0.1, 0.15) is 5.56 Å². The van der Waals surface area contributed by atoms with Crippen molar-refractivity contribution in [2.75, 3.05) is 19.0 Å². The van der Waals surface area contributed by atoms with Crippen LogP contribution in [-0.4, -0.2) is 45.6 Å². The third-order valence-electron chi connectivity index (χ3n) is 8.89. The largest absolute Gasteiger partial charge is 0.481 e. The Kier molecular flexibility index (Phi) is 8.54. The Labute approximate surface area is 270 Å². The number of hydrogen-bond donors (Lipinski definition) is 3. The number of aromatic nitrogens is 3. The summed E-state index contributed by atoms with van der Waals surface area (Å²) in [6.07, 6.45) is 4.42. The summed E-state index contributed by atoms with van der Waals surface area (Å²) in [5, 5.41) is 9.67. The molecule has 2 unspecified atom stereocenters. The molecule has 2 aromatic heterocycles. The van der Waals surface area contributed by atoms with Gasteiger partial charge in [0.15, 0.2) is 0 Å². The molecule has 2 amide bonds. The second kappa shape index (κ2) is 12.6. The van der Waals surface area contributed by atoms with E-state index in [-0.39, 0.29) is 23.6 Å². The molecule has 11 nitrogen and oxygen atoms in total. The minimum atomic E-state index is -0.696. The van der Waals surface area contributed by atoms with Gasteiger partial charge >= 0.3 is 5.69 Å². The quantitative estimate of drug-likeness (QED) is 0.265. The molecule has 1 aliphatic carbocycles. The molecule has 12 heteroatoms. The van der Waals surface area contributed by atoms with Crippen molar-refractivity contribution in [3.63, 3.8) is 0 Å². The van der Waals surface area contributed by atoms with Crippen LogP contribution >= 0.6 is 11.6 Å². The third-order valence-corrected chi connectivity index (χ3v) is 9.29. The number of benzene rings is 2. The van der Waals surface area contributed by atoms with Crippen molar-refractivity contribution in [3.8, 4) is 28.3 Å². The van der Waals surface area contributed by atoms with Crippen LogP contribution in [0.1, 0.15) is 52.4 Å². The molecule has 6 rings (SSSR count). The Morgan fingerprint density at radius 2 is 1.80 bits per heavy atom. The highest BCUT2D eigenvalue weighted by molar-refractivity contribution is 6.36. The molecule has 3 N–H and O–H groups in total. The topological polar surface area (TPSA) is 136 Å². The maximum Gasteiger partial charge on any atom is 0.330 e. The van der Waals surface area contributed by atoms with Gasteiger partial charge in [0, 0.05) is 62.0 Å². The fourth-order valence-electron chi connectivity index (χ4n) is 6.41. The summed E-state index contributed by atoms with van der Waals surface area (Å²) in [5.41, 5.74) is 5.36. The first-order valence-corrected chi connectivity index (χ1v) is 15.5. The number of hydrogen-bond acceptors (Lipinski definition) is 7. The Hall–Kier alpha value is -4.74. The summed E-state index contributed by atoms with van der Waals surface area (Å²) in [7, 11) is 4.43. The van der Waals surface area contributed by atoms with E-state index in [1.807, 2.05) is 31.2 Å². The van der Waals surface area contributed by atoms with E-state index in [0.717, 1.165) is 51.8 Å². The summed E-state index contributed by atoms with van der Waals surface area (Å²) >= 11 is 6.88. The van der Waals surface area contributed by atoms with Crippen LogP contribution in [0.2, 0.25) is 5.02 Å². The van der Waals surface area contributed by atoms with E-state index < -0.39 is 17.2 Å². The highest BCUT2D eigenvalue weighted by atomic mass is 35.5. The van der Waals surface area contributed by atoms with Gasteiger partial charge in [-0.05, 0) is 55.0 Å². The summed E-state index contributed by atoms with van der Waals surface area (Å²) in [6.45, 7) is 2.70. The number of carbonyl (C=O) groups is 2. The van der Waals surface area contributed by atoms with Gasteiger partial charge in [-0.1, -0.05) is 41.9 Å². The number of nitrogens with zero attached hydrogens (tertiary/aromatic N) is 3. The predicted molar refractivity (Wildman–Crippen MR) is 177 cm³/mol. The molecule has 4 aromatic rings. The SMILES string of the molecule is COc1nc(-c2cccc(-c3cccc(NC(=O)c4cn(C)c(=O)n(C)c4=O)c3Cl)c2C)cc2c1C(NCC1CCC(=O)N1)CC2. The van der Waals surface area contributed by atoms with Gasteiger partial charge in [-0.25, -0.2) is 9.78 Å². The zero-order valence-corrected chi connectivity index (χ0v) is 26.8. The highest BCUT2D eigenvalue weighted by Gasteiger charge is 2.30. The fraction of sp³-hybridized carbons (Fsp3) is 0.324. The second-order valence-corrected chi connectivity index (χ2v) is 12.2. The first-order chi connectivity index (χ1) is 22.1. The molecule has 3 heterocycles. The van der Waals surface area contributed by atoms with Gasteiger partial charge in [-0.15, -0.1) is 0 Å². The van der Waals surface area contributed by atoms with Crippen molar-refractivity contribution in [1.29, 1.82) is 0 Å². The average Bonchev–Trinajstić information content (AvgIpc) is 3.66. The first kappa shape index (κ1) is 31.3. The van der Waals surface area contributed by atoms with Crippen LogP contribution < -0.4 is 31.9 Å². The molecule has 0 saturated carbocycles. The van der Waals surface area contributed by atoms with Crippen LogP contribution in [0.3, 0.4) is 0 Å². The van der Waals surface area contributed by atoms with Crippen LogP contribution in [0, 0.1) is 6.92 Å². The molecule has 46 heavy (non-hydrogen) atoms. The van der Waals surface area contributed by atoms with Gasteiger partial charge < -0.3 is 25.3 Å². The maximum absolute atomic E-state index is 13.1. The molecule has 2 atom stereocenters. The van der Waals surface area contributed by atoms with Gasteiger partial charge in [0.05, 0.1) is 23.5 Å². The molecule has 0 radical (unpaired) electrons. The normalized spacial score (nSPS) is 17.1. The van der Waals surface area contributed by atoms with Gasteiger partial charge in [0.25, 0.3) is 11.5 Å². The standard InChI is InChI=1S/C34H35ClN6O5/c1-18-21(23-9-6-10-26(30(23)35)38-31(43)24-17-40(2)34(45)41(3)33(24)44)7-5-8-22(18)27-15-19-11-13-25(29(19)32(39-27)46-4)36-16-20-12-14-28(42)37-20/h5-10,15,17,20,25,36H,11-14,16H2,1-4H3,(H,37,42)(H,38,43). The Bertz CT molecular complexity index is 2000. The van der Waals surface area contributed by atoms with E-state index in [4.69, 9.17) is 21.3 Å². The van der Waals surface area contributed by atoms with E-state index >= 15 is 0 Å². The monoisotopic (exact) mass is 642 g/mol. The number of pyridine rings is 1. The van der Waals surface area contributed by atoms with E-state index in [1.54, 1.807) is 19.2 Å². The molecule has 238 valence electrons. The zero-order chi connectivity index (χ0) is 32.7. The lowest BCUT2D eigenvalue weighted by molar-refractivity contribution is -0.119. The minimum absolute atomic E-state index is 0.0918. The van der Waals surface area contributed by atoms with Crippen LogP contribution in [0.25, 0.3) is 22.4 Å². The van der Waals surface area contributed by atoms with Gasteiger partial charge in [0.2, 0.25) is 11.8 Å². The lowest BCUT2D eigenvalue weighted by atomic mass is 9.93. The van der Waals surface area contributed by atoms with Crippen LogP contribution in [-0.2, 0) is 25.3 Å². The van der Waals surface area contributed by atoms with E-state index in [9.17, 15) is 19.2 Å². The second-order valence-electron chi connectivity index (χ2n) is 11.8. The molecule has 1 aliphatic heterocycles. The average molecular weight is 643 g/mol. The smallest absolute Gasteiger partial charge is 0.330 e. The van der Waals surface area contributed by atoms with E-state index in [1.165, 1.54) is 30.4 Å². The van der Waals surface area contributed by atoms with Crippen molar-refractivity contribution in [1.82, 2.24) is 24.8 Å². The predicted octanol–water partition coefficient (Wildman–Crippen LogP) is 3.89. The maximum atomic E-state index is 13.1. The molecule has 1 saturated heterocycles. The van der Waals surface area contributed by atoms with Crippen LogP contribution in [0.4, 0.5) is 5.69 Å². The van der Waals surface area contributed by atoms with Crippen LogP contribution in [0.5, 0.6) is 5.88 Å². The number of ether oxygens (including phenoxy) is 1. The third kappa shape index (κ3) is 5.72. The van der Waals surface area contributed by atoms with E-state index in [2.05, 4.69) is 22.0 Å². The number of halogens is 1. The number of fused-ring (bicyclic) bond motifs is 1. The molecule has 2 aromatic carbocycles. The number of methoxy groups -OCH3 is 1. The lowest BCUT2D eigenvalue weighted by Gasteiger charge is -2.20. The van der Waals surface area contributed by atoms with Gasteiger partial charge in [-0.2, -0.15) is 0 Å².